The van der Waals surface area contributed by atoms with Crippen LogP contribution in [-0.2, 0) is 31.2 Å². The topological polar surface area (TPSA) is 76.4 Å². The van der Waals surface area contributed by atoms with Crippen LogP contribution in [0.25, 0.3) is 0 Å². The molecule has 1 amide bonds. The molecule has 134 valence electrons. The number of aliphatic hydroxyl groups is 1. The van der Waals surface area contributed by atoms with Gasteiger partial charge in [0.25, 0.3) is 5.91 Å². The number of ether oxygens (including phenoxy) is 1. The fourth-order valence-electron chi connectivity index (χ4n) is 3.44. The number of hydrogen-bond acceptors (Lipinski definition) is 4. The number of carbonyl (C=O) groups excluding carboxylic acids is 1. The highest BCUT2D eigenvalue weighted by molar-refractivity contribution is 5.94. The number of aliphatic hydroxyl groups excluding tert-OH is 1. The number of rotatable bonds is 5. The molecular formula is C19H25N3O3. The van der Waals surface area contributed by atoms with E-state index in [0.717, 1.165) is 22.4 Å². The largest absolute Gasteiger partial charge is 0.396 e. The van der Waals surface area contributed by atoms with E-state index in [-0.39, 0.29) is 24.7 Å². The predicted molar refractivity (Wildman–Crippen MR) is 94.3 cm³/mol. The summed E-state index contributed by atoms with van der Waals surface area (Å²) >= 11 is 0. The minimum atomic E-state index is -0.155. The van der Waals surface area contributed by atoms with Gasteiger partial charge in [-0.25, -0.2) is 0 Å². The second-order valence-corrected chi connectivity index (χ2v) is 6.60. The molecule has 2 atom stereocenters. The van der Waals surface area contributed by atoms with Gasteiger partial charge < -0.3 is 15.2 Å². The predicted octanol–water partition coefficient (Wildman–Crippen LogP) is 1.91. The van der Waals surface area contributed by atoms with Crippen LogP contribution in [0.3, 0.4) is 0 Å². The van der Waals surface area contributed by atoms with Crippen LogP contribution in [-0.4, -0.2) is 33.5 Å². The second-order valence-electron chi connectivity index (χ2n) is 6.60. The Labute approximate surface area is 147 Å². The van der Waals surface area contributed by atoms with Gasteiger partial charge in [0.2, 0.25) is 0 Å². The zero-order valence-electron chi connectivity index (χ0n) is 15.0. The molecule has 6 nitrogen and oxygen atoms in total. The molecule has 1 aromatic heterocycles. The maximum absolute atomic E-state index is 12.6. The van der Waals surface area contributed by atoms with Crippen molar-refractivity contribution in [3.8, 4) is 0 Å². The van der Waals surface area contributed by atoms with Gasteiger partial charge in [0.05, 0.1) is 17.9 Å². The van der Waals surface area contributed by atoms with Crippen molar-refractivity contribution in [3.63, 3.8) is 0 Å². The van der Waals surface area contributed by atoms with Gasteiger partial charge in [-0.05, 0) is 31.4 Å². The second kappa shape index (κ2) is 7.37. The summed E-state index contributed by atoms with van der Waals surface area (Å²) in [6.45, 7) is 4.60. The summed E-state index contributed by atoms with van der Waals surface area (Å²) in [5.41, 5.74) is 4.57. The molecule has 0 saturated carbocycles. The zero-order chi connectivity index (χ0) is 18.0. The van der Waals surface area contributed by atoms with Gasteiger partial charge in [0.15, 0.2) is 5.69 Å². The quantitative estimate of drug-likeness (QED) is 0.869. The van der Waals surface area contributed by atoms with Crippen molar-refractivity contribution in [2.75, 3.05) is 6.61 Å². The van der Waals surface area contributed by atoms with Gasteiger partial charge in [0, 0.05) is 32.2 Å². The molecule has 25 heavy (non-hydrogen) atoms. The van der Waals surface area contributed by atoms with Crippen LogP contribution in [0.5, 0.6) is 0 Å². The van der Waals surface area contributed by atoms with Crippen molar-refractivity contribution in [1.29, 1.82) is 0 Å². The Balaban J connectivity index is 1.71. The van der Waals surface area contributed by atoms with Crippen molar-refractivity contribution >= 4 is 5.91 Å². The molecule has 0 spiro atoms. The highest BCUT2D eigenvalue weighted by Gasteiger charge is 2.31. The Hall–Kier alpha value is -2.18. The lowest BCUT2D eigenvalue weighted by atomic mass is 9.99. The average molecular weight is 343 g/mol. The van der Waals surface area contributed by atoms with E-state index in [2.05, 4.69) is 10.4 Å². The summed E-state index contributed by atoms with van der Waals surface area (Å²) in [6.07, 6.45) is 1.37. The van der Waals surface area contributed by atoms with Crippen LogP contribution in [0.4, 0.5) is 0 Å². The summed E-state index contributed by atoms with van der Waals surface area (Å²) in [5.74, 6) is -0.155. The molecule has 0 saturated heterocycles. The smallest absolute Gasteiger partial charge is 0.272 e. The number of nitrogens with one attached hydrogen (secondary N) is 1. The minimum Gasteiger partial charge on any atom is -0.396 e. The lowest BCUT2D eigenvalue weighted by Gasteiger charge is -2.26. The molecule has 3 rings (SSSR count). The molecule has 2 N–H and O–H groups in total. The van der Waals surface area contributed by atoms with E-state index in [9.17, 15) is 4.79 Å². The Morgan fingerprint density at radius 1 is 1.32 bits per heavy atom. The fourth-order valence-corrected chi connectivity index (χ4v) is 3.44. The van der Waals surface area contributed by atoms with Crippen LogP contribution in [0.1, 0.15) is 52.8 Å². The fraction of sp³-hybridized carbons (Fsp3) is 0.474. The summed E-state index contributed by atoms with van der Waals surface area (Å²) in [5, 5.41) is 16.3. The molecule has 1 aliphatic heterocycles. The molecule has 2 heterocycles. The van der Waals surface area contributed by atoms with E-state index in [1.54, 1.807) is 4.68 Å². The molecule has 0 bridgehead atoms. The minimum absolute atomic E-state index is 0.0585. The van der Waals surface area contributed by atoms with E-state index in [1.165, 1.54) is 0 Å². The number of hydrogen-bond donors (Lipinski definition) is 2. The van der Waals surface area contributed by atoms with Crippen molar-refractivity contribution < 1.29 is 14.6 Å². The Morgan fingerprint density at radius 3 is 2.68 bits per heavy atom. The maximum atomic E-state index is 12.6. The number of aryl methyl sites for hydroxylation is 1. The summed E-state index contributed by atoms with van der Waals surface area (Å²) in [6, 6.07) is 7.89. The number of nitrogens with zero attached hydrogens (tertiary/aromatic N) is 2. The summed E-state index contributed by atoms with van der Waals surface area (Å²) < 4.78 is 7.59. The molecule has 6 heteroatoms. The number of benzene rings is 1. The Bertz CT molecular complexity index is 752. The normalized spacial score (nSPS) is 19.5. The first-order chi connectivity index (χ1) is 12.0. The Morgan fingerprint density at radius 2 is 2.00 bits per heavy atom. The number of aromatic nitrogens is 2. The van der Waals surface area contributed by atoms with Crippen LogP contribution < -0.4 is 5.32 Å². The van der Waals surface area contributed by atoms with Gasteiger partial charge in [-0.2, -0.15) is 5.10 Å². The molecule has 0 radical (unpaired) electrons. The molecule has 2 aromatic rings. The van der Waals surface area contributed by atoms with Gasteiger partial charge in [-0.15, -0.1) is 0 Å². The zero-order valence-corrected chi connectivity index (χ0v) is 15.0. The first kappa shape index (κ1) is 17.6. The van der Waals surface area contributed by atoms with E-state index in [0.29, 0.717) is 25.1 Å². The highest BCUT2D eigenvalue weighted by atomic mass is 16.5. The highest BCUT2D eigenvalue weighted by Crippen LogP contribution is 2.31. The summed E-state index contributed by atoms with van der Waals surface area (Å²) in [7, 11) is 1.85. The standard InChI is InChI=1S/C19H25N3O3/c1-12-10-16-17(21-22(3)18(16)13(2)25-12)19(24)20-11-15-6-4-14(5-7-15)8-9-23/h4-7,12-13,23H,8-11H2,1-3H3,(H,20,24)/t12-,13+/m1/s1. The monoisotopic (exact) mass is 343 g/mol. The van der Waals surface area contributed by atoms with Crippen LogP contribution in [0.15, 0.2) is 24.3 Å². The Kier molecular flexibility index (Phi) is 5.20. The third-order valence-corrected chi connectivity index (χ3v) is 4.60. The SMILES string of the molecule is C[C@@H]1Cc2c(C(=O)NCc3ccc(CCO)cc3)nn(C)c2[C@H](C)O1. The molecule has 1 aliphatic rings. The first-order valence-electron chi connectivity index (χ1n) is 8.67. The third-order valence-electron chi connectivity index (χ3n) is 4.60. The van der Waals surface area contributed by atoms with Crippen molar-refractivity contribution in [1.82, 2.24) is 15.1 Å². The molecule has 1 aromatic carbocycles. The number of carbonyl (C=O) groups is 1. The lowest BCUT2D eigenvalue weighted by Crippen LogP contribution is -2.27. The van der Waals surface area contributed by atoms with E-state index >= 15 is 0 Å². The third kappa shape index (κ3) is 3.75. The van der Waals surface area contributed by atoms with Gasteiger partial charge in [-0.3, -0.25) is 9.48 Å². The van der Waals surface area contributed by atoms with Gasteiger partial charge >= 0.3 is 0 Å². The number of amides is 1. The van der Waals surface area contributed by atoms with E-state index in [4.69, 9.17) is 9.84 Å². The van der Waals surface area contributed by atoms with E-state index in [1.807, 2.05) is 45.2 Å². The lowest BCUT2D eigenvalue weighted by molar-refractivity contribution is -0.00903. The first-order valence-corrected chi connectivity index (χ1v) is 8.67. The summed E-state index contributed by atoms with van der Waals surface area (Å²) in [4.78, 5) is 12.6. The molecule has 0 aliphatic carbocycles. The van der Waals surface area contributed by atoms with Gasteiger partial charge in [0.1, 0.15) is 0 Å². The molecular weight excluding hydrogens is 318 g/mol. The average Bonchev–Trinajstić information content (AvgIpc) is 2.91. The molecule has 0 unspecified atom stereocenters. The van der Waals surface area contributed by atoms with E-state index < -0.39 is 0 Å². The van der Waals surface area contributed by atoms with Crippen molar-refractivity contribution in [2.45, 2.75) is 45.4 Å². The molecule has 0 fully saturated rings. The van der Waals surface area contributed by atoms with Crippen LogP contribution in [0, 0.1) is 0 Å². The van der Waals surface area contributed by atoms with Crippen molar-refractivity contribution in [2.24, 2.45) is 7.05 Å². The maximum Gasteiger partial charge on any atom is 0.272 e. The van der Waals surface area contributed by atoms with Crippen LogP contribution in [0.2, 0.25) is 0 Å². The van der Waals surface area contributed by atoms with Crippen molar-refractivity contribution in [3.05, 3.63) is 52.3 Å². The van der Waals surface area contributed by atoms with Crippen LogP contribution >= 0.6 is 0 Å². The van der Waals surface area contributed by atoms with Gasteiger partial charge in [-0.1, -0.05) is 24.3 Å². The number of fused-ring (bicyclic) bond motifs is 1.